The Morgan fingerprint density at radius 1 is 1.37 bits per heavy atom. The summed E-state index contributed by atoms with van der Waals surface area (Å²) in [4.78, 5) is 21.6. The molecule has 98 valence electrons. The molecule has 0 spiro atoms. The molecule has 2 rings (SSSR count). The van der Waals surface area contributed by atoms with E-state index >= 15 is 0 Å². The fourth-order valence-corrected chi connectivity index (χ4v) is 1.43. The lowest BCUT2D eigenvalue weighted by Crippen LogP contribution is -2.19. The Labute approximate surface area is 111 Å². The zero-order valence-electron chi connectivity index (χ0n) is 9.29. The standard InChI is InChI=1S/C10H7ClN4O4/c11-7-2-1-6(15(17)18)5-8(7)12-10(16)13-9-3-4-19-14-9/h1-5H,(H2,12,13,14,16). The van der Waals surface area contributed by atoms with E-state index in [0.717, 1.165) is 6.07 Å². The van der Waals surface area contributed by atoms with Crippen LogP contribution in [0.3, 0.4) is 0 Å². The minimum atomic E-state index is -0.642. The first-order chi connectivity index (χ1) is 9.06. The third-order valence-electron chi connectivity index (χ3n) is 2.09. The molecule has 9 heteroatoms. The van der Waals surface area contributed by atoms with Gasteiger partial charge >= 0.3 is 6.03 Å². The Kier molecular flexibility index (Phi) is 3.62. The fourth-order valence-electron chi connectivity index (χ4n) is 1.27. The molecule has 1 aromatic carbocycles. The molecule has 0 fully saturated rings. The molecule has 0 saturated carbocycles. The van der Waals surface area contributed by atoms with Gasteiger partial charge < -0.3 is 9.84 Å². The lowest BCUT2D eigenvalue weighted by atomic mass is 10.3. The van der Waals surface area contributed by atoms with Crippen LogP contribution in [-0.2, 0) is 0 Å². The third-order valence-corrected chi connectivity index (χ3v) is 2.42. The average Bonchev–Trinajstić information content (AvgIpc) is 2.84. The number of carbonyl (C=O) groups is 1. The molecule has 0 atom stereocenters. The van der Waals surface area contributed by atoms with Gasteiger partial charge in [0.15, 0.2) is 5.82 Å². The van der Waals surface area contributed by atoms with Gasteiger partial charge in [0.1, 0.15) is 6.26 Å². The van der Waals surface area contributed by atoms with Crippen molar-refractivity contribution in [2.45, 2.75) is 0 Å². The molecule has 0 radical (unpaired) electrons. The van der Waals surface area contributed by atoms with E-state index in [1.165, 1.54) is 24.5 Å². The summed E-state index contributed by atoms with van der Waals surface area (Å²) in [5.74, 6) is 0.207. The van der Waals surface area contributed by atoms with Crippen molar-refractivity contribution in [3.63, 3.8) is 0 Å². The number of amides is 2. The molecule has 2 aromatic rings. The molecule has 0 aliphatic rings. The van der Waals surface area contributed by atoms with Gasteiger partial charge in [0.05, 0.1) is 15.6 Å². The van der Waals surface area contributed by atoms with Crippen molar-refractivity contribution in [3.8, 4) is 0 Å². The summed E-state index contributed by atoms with van der Waals surface area (Å²) in [6.45, 7) is 0. The number of aromatic nitrogens is 1. The van der Waals surface area contributed by atoms with Crippen molar-refractivity contribution in [2.75, 3.05) is 10.6 Å². The number of nitro groups is 1. The van der Waals surface area contributed by atoms with E-state index in [0.29, 0.717) is 0 Å². The van der Waals surface area contributed by atoms with Crippen LogP contribution in [0.1, 0.15) is 0 Å². The van der Waals surface area contributed by atoms with Crippen LogP contribution in [0.25, 0.3) is 0 Å². The summed E-state index contributed by atoms with van der Waals surface area (Å²) < 4.78 is 4.53. The molecule has 0 bridgehead atoms. The van der Waals surface area contributed by atoms with Crippen LogP contribution < -0.4 is 10.6 Å². The topological polar surface area (TPSA) is 110 Å². The van der Waals surface area contributed by atoms with Gasteiger partial charge in [0, 0.05) is 18.2 Å². The van der Waals surface area contributed by atoms with Gasteiger partial charge in [0.2, 0.25) is 0 Å². The Bertz CT molecular complexity index is 614. The second-order valence-corrected chi connectivity index (χ2v) is 3.79. The van der Waals surface area contributed by atoms with Gasteiger partial charge in [-0.2, -0.15) is 0 Å². The number of halogens is 1. The van der Waals surface area contributed by atoms with Crippen LogP contribution in [-0.4, -0.2) is 16.1 Å². The number of anilines is 2. The molecule has 0 aliphatic carbocycles. The molecule has 19 heavy (non-hydrogen) atoms. The van der Waals surface area contributed by atoms with E-state index in [4.69, 9.17) is 11.6 Å². The molecule has 0 unspecified atom stereocenters. The molecule has 2 N–H and O–H groups in total. The van der Waals surface area contributed by atoms with E-state index < -0.39 is 11.0 Å². The second-order valence-electron chi connectivity index (χ2n) is 3.39. The predicted octanol–water partition coefficient (Wildman–Crippen LogP) is 2.88. The number of carbonyl (C=O) groups excluding carboxylic acids is 1. The molecule has 0 saturated heterocycles. The van der Waals surface area contributed by atoms with Gasteiger partial charge in [-0.3, -0.25) is 15.4 Å². The zero-order chi connectivity index (χ0) is 13.8. The van der Waals surface area contributed by atoms with Crippen molar-refractivity contribution < 1.29 is 14.2 Å². The monoisotopic (exact) mass is 282 g/mol. The maximum absolute atomic E-state index is 11.6. The summed E-state index contributed by atoms with van der Waals surface area (Å²) in [5.41, 5.74) is -0.0574. The van der Waals surface area contributed by atoms with Crippen molar-refractivity contribution >= 4 is 34.8 Å². The molecular formula is C10H7ClN4O4. The third kappa shape index (κ3) is 3.19. The Hall–Kier alpha value is -2.61. The SMILES string of the molecule is O=C(Nc1ccon1)Nc1cc([N+](=O)[O-])ccc1Cl. The van der Waals surface area contributed by atoms with Gasteiger partial charge in [-0.05, 0) is 6.07 Å². The predicted molar refractivity (Wildman–Crippen MR) is 67.3 cm³/mol. The van der Waals surface area contributed by atoms with Crippen molar-refractivity contribution in [3.05, 3.63) is 45.7 Å². The number of hydrogen-bond donors (Lipinski definition) is 2. The summed E-state index contributed by atoms with van der Waals surface area (Å²) in [6, 6.07) is 4.52. The number of nitrogens with one attached hydrogen (secondary N) is 2. The quantitative estimate of drug-likeness (QED) is 0.664. The normalized spacial score (nSPS) is 9.95. The molecule has 1 heterocycles. The minimum absolute atomic E-state index is 0.122. The highest BCUT2D eigenvalue weighted by Crippen LogP contribution is 2.26. The lowest BCUT2D eigenvalue weighted by molar-refractivity contribution is -0.384. The number of non-ortho nitro benzene ring substituents is 1. The highest BCUT2D eigenvalue weighted by atomic mass is 35.5. The van der Waals surface area contributed by atoms with E-state index in [1.54, 1.807) is 0 Å². The maximum atomic E-state index is 11.6. The van der Waals surface area contributed by atoms with Crippen LogP contribution in [0.4, 0.5) is 22.0 Å². The van der Waals surface area contributed by atoms with Gasteiger partial charge in [-0.25, -0.2) is 4.79 Å². The number of nitro benzene ring substituents is 1. The van der Waals surface area contributed by atoms with Crippen molar-refractivity contribution in [2.24, 2.45) is 0 Å². The average molecular weight is 283 g/mol. The van der Waals surface area contributed by atoms with Crippen LogP contribution in [0.5, 0.6) is 0 Å². The molecule has 1 aromatic heterocycles. The van der Waals surface area contributed by atoms with Crippen LogP contribution in [0.15, 0.2) is 35.1 Å². The van der Waals surface area contributed by atoms with Gasteiger partial charge in [-0.15, -0.1) is 0 Å². The highest BCUT2D eigenvalue weighted by Gasteiger charge is 2.12. The zero-order valence-corrected chi connectivity index (χ0v) is 10.0. The molecule has 2 amide bonds. The summed E-state index contributed by atoms with van der Waals surface area (Å²) in [5, 5.41) is 19.0. The van der Waals surface area contributed by atoms with Crippen molar-refractivity contribution in [1.82, 2.24) is 5.16 Å². The Balaban J connectivity index is 2.11. The number of nitrogens with zero attached hydrogens (tertiary/aromatic N) is 2. The molecule has 8 nitrogen and oxygen atoms in total. The second kappa shape index (κ2) is 5.36. The first kappa shape index (κ1) is 12.8. The van der Waals surface area contributed by atoms with Gasteiger partial charge in [-0.1, -0.05) is 16.8 Å². The van der Waals surface area contributed by atoms with E-state index in [1.807, 2.05) is 0 Å². The first-order valence-electron chi connectivity index (χ1n) is 4.98. The first-order valence-corrected chi connectivity index (χ1v) is 5.36. The van der Waals surface area contributed by atoms with E-state index in [9.17, 15) is 14.9 Å². The van der Waals surface area contributed by atoms with E-state index in [2.05, 4.69) is 20.3 Å². The smallest absolute Gasteiger partial charge is 0.324 e. The Morgan fingerprint density at radius 2 is 2.16 bits per heavy atom. The summed E-state index contributed by atoms with van der Waals surface area (Å²) >= 11 is 5.83. The van der Waals surface area contributed by atoms with Crippen LogP contribution in [0.2, 0.25) is 5.02 Å². The molecule has 0 aliphatic heterocycles. The summed E-state index contributed by atoms with van der Waals surface area (Å²) in [6.07, 6.45) is 1.29. The summed E-state index contributed by atoms with van der Waals surface area (Å²) in [7, 11) is 0. The number of benzene rings is 1. The highest BCUT2D eigenvalue weighted by molar-refractivity contribution is 6.33. The minimum Gasteiger partial charge on any atom is -0.363 e. The van der Waals surface area contributed by atoms with Gasteiger partial charge in [0.25, 0.3) is 5.69 Å². The Morgan fingerprint density at radius 3 is 2.79 bits per heavy atom. The maximum Gasteiger partial charge on any atom is 0.324 e. The fraction of sp³-hybridized carbons (Fsp3) is 0. The number of hydrogen-bond acceptors (Lipinski definition) is 5. The lowest BCUT2D eigenvalue weighted by Gasteiger charge is -2.06. The molecular weight excluding hydrogens is 276 g/mol. The largest absolute Gasteiger partial charge is 0.363 e. The number of urea groups is 1. The van der Waals surface area contributed by atoms with E-state index in [-0.39, 0.29) is 22.2 Å². The van der Waals surface area contributed by atoms with Crippen molar-refractivity contribution in [1.29, 1.82) is 0 Å². The number of rotatable bonds is 3. The van der Waals surface area contributed by atoms with Crippen LogP contribution in [0, 0.1) is 10.1 Å². The van der Waals surface area contributed by atoms with Crippen LogP contribution >= 0.6 is 11.6 Å².